The number of benzene rings is 1. The molecule has 2 aliphatic rings. The SMILES string of the molecule is O=C(c1cc(-c2ccc(O)cc2)nc2[nH]ncc12)N1CCC[C@H]1CN1CCCC1. The molecule has 7 nitrogen and oxygen atoms in total. The van der Waals surface area contributed by atoms with Crippen LogP contribution in [-0.2, 0) is 0 Å². The Hall–Kier alpha value is -2.93. The first-order valence-corrected chi connectivity index (χ1v) is 10.4. The maximum absolute atomic E-state index is 13.6. The largest absolute Gasteiger partial charge is 0.508 e. The average molecular weight is 391 g/mol. The molecule has 1 amide bonds. The van der Waals surface area contributed by atoms with Gasteiger partial charge in [0.1, 0.15) is 5.75 Å². The molecular formula is C22H25N5O2. The Balaban J connectivity index is 1.49. The molecule has 0 radical (unpaired) electrons. The number of amides is 1. The molecule has 2 aromatic heterocycles. The van der Waals surface area contributed by atoms with Gasteiger partial charge in [0.15, 0.2) is 5.65 Å². The maximum atomic E-state index is 13.6. The molecule has 0 saturated carbocycles. The van der Waals surface area contributed by atoms with Crippen LogP contribution in [0, 0.1) is 0 Å². The molecule has 0 spiro atoms. The number of H-pyrrole nitrogens is 1. The Morgan fingerprint density at radius 2 is 1.93 bits per heavy atom. The van der Waals surface area contributed by atoms with E-state index < -0.39 is 0 Å². The molecule has 2 N–H and O–H groups in total. The lowest BCUT2D eigenvalue weighted by Gasteiger charge is -2.28. The van der Waals surface area contributed by atoms with Crippen molar-refractivity contribution in [2.45, 2.75) is 31.7 Å². The number of aromatic nitrogens is 3. The van der Waals surface area contributed by atoms with Gasteiger partial charge in [-0.25, -0.2) is 4.98 Å². The van der Waals surface area contributed by atoms with Gasteiger partial charge >= 0.3 is 0 Å². The lowest BCUT2D eigenvalue weighted by atomic mass is 10.1. The third-order valence-electron chi connectivity index (χ3n) is 6.12. The number of phenolic OH excluding ortho intramolecular Hbond substituents is 1. The van der Waals surface area contributed by atoms with Crippen LogP contribution in [0.1, 0.15) is 36.0 Å². The summed E-state index contributed by atoms with van der Waals surface area (Å²) in [6, 6.07) is 9.00. The molecular weight excluding hydrogens is 366 g/mol. The van der Waals surface area contributed by atoms with Crippen LogP contribution in [0.5, 0.6) is 5.75 Å². The zero-order chi connectivity index (χ0) is 19.8. The minimum absolute atomic E-state index is 0.0560. The number of hydrogen-bond acceptors (Lipinski definition) is 5. The Labute approximate surface area is 169 Å². The van der Waals surface area contributed by atoms with Crippen molar-refractivity contribution >= 4 is 16.9 Å². The molecule has 2 saturated heterocycles. The summed E-state index contributed by atoms with van der Waals surface area (Å²) in [6.07, 6.45) is 6.32. The third-order valence-corrected chi connectivity index (χ3v) is 6.12. The molecule has 1 atom stereocenters. The van der Waals surface area contributed by atoms with Crippen molar-refractivity contribution in [2.75, 3.05) is 26.2 Å². The van der Waals surface area contributed by atoms with E-state index in [0.29, 0.717) is 16.9 Å². The molecule has 0 aliphatic carbocycles. The van der Waals surface area contributed by atoms with E-state index in [2.05, 4.69) is 20.1 Å². The van der Waals surface area contributed by atoms with Crippen LogP contribution in [0.25, 0.3) is 22.3 Å². The number of rotatable bonds is 4. The predicted octanol–water partition coefficient (Wildman–Crippen LogP) is 3.03. The molecule has 5 rings (SSSR count). The molecule has 150 valence electrons. The first-order chi connectivity index (χ1) is 14.2. The lowest BCUT2D eigenvalue weighted by Crippen LogP contribution is -2.42. The molecule has 3 aromatic rings. The van der Waals surface area contributed by atoms with Crippen LogP contribution in [-0.4, -0.2) is 68.2 Å². The molecule has 2 aliphatic heterocycles. The van der Waals surface area contributed by atoms with Gasteiger partial charge in [-0.15, -0.1) is 0 Å². The van der Waals surface area contributed by atoms with Crippen LogP contribution in [0.4, 0.5) is 0 Å². The van der Waals surface area contributed by atoms with E-state index >= 15 is 0 Å². The third kappa shape index (κ3) is 3.46. The number of carbonyl (C=O) groups is 1. The summed E-state index contributed by atoms with van der Waals surface area (Å²) >= 11 is 0. The van der Waals surface area contributed by atoms with Crippen LogP contribution < -0.4 is 0 Å². The number of likely N-dealkylation sites (tertiary alicyclic amines) is 2. The average Bonchev–Trinajstić information content (AvgIpc) is 3.49. The van der Waals surface area contributed by atoms with E-state index in [1.54, 1.807) is 30.5 Å². The fraction of sp³-hybridized carbons (Fsp3) is 0.409. The van der Waals surface area contributed by atoms with Gasteiger partial charge in [-0.3, -0.25) is 9.89 Å². The number of nitrogens with zero attached hydrogens (tertiary/aromatic N) is 4. The summed E-state index contributed by atoms with van der Waals surface area (Å²) in [6.45, 7) is 4.05. The second-order valence-electron chi connectivity index (χ2n) is 8.04. The van der Waals surface area contributed by atoms with Crippen molar-refractivity contribution in [3.8, 4) is 17.0 Å². The lowest BCUT2D eigenvalue weighted by molar-refractivity contribution is 0.0710. The number of nitrogens with one attached hydrogen (secondary N) is 1. The van der Waals surface area contributed by atoms with E-state index in [4.69, 9.17) is 0 Å². The van der Waals surface area contributed by atoms with E-state index in [1.807, 2.05) is 11.0 Å². The zero-order valence-corrected chi connectivity index (χ0v) is 16.3. The summed E-state index contributed by atoms with van der Waals surface area (Å²) in [5, 5.41) is 17.4. The summed E-state index contributed by atoms with van der Waals surface area (Å²) in [5.41, 5.74) is 2.79. The van der Waals surface area contributed by atoms with E-state index in [-0.39, 0.29) is 17.7 Å². The molecule has 7 heteroatoms. The van der Waals surface area contributed by atoms with E-state index in [0.717, 1.165) is 50.0 Å². The minimum atomic E-state index is 0.0560. The zero-order valence-electron chi connectivity index (χ0n) is 16.3. The summed E-state index contributed by atoms with van der Waals surface area (Å²) < 4.78 is 0. The highest BCUT2D eigenvalue weighted by molar-refractivity contribution is 6.06. The molecule has 0 unspecified atom stereocenters. The topological polar surface area (TPSA) is 85.3 Å². The summed E-state index contributed by atoms with van der Waals surface area (Å²) in [5.74, 6) is 0.259. The molecule has 0 bridgehead atoms. The van der Waals surface area contributed by atoms with Crippen molar-refractivity contribution in [1.29, 1.82) is 0 Å². The van der Waals surface area contributed by atoms with Crippen molar-refractivity contribution in [3.63, 3.8) is 0 Å². The first-order valence-electron chi connectivity index (χ1n) is 10.4. The summed E-state index contributed by atoms with van der Waals surface area (Å²) in [7, 11) is 0. The smallest absolute Gasteiger partial charge is 0.255 e. The second kappa shape index (κ2) is 7.48. The molecule has 1 aromatic carbocycles. The van der Waals surface area contributed by atoms with Crippen LogP contribution >= 0.6 is 0 Å². The van der Waals surface area contributed by atoms with Gasteiger partial charge in [-0.05, 0) is 69.1 Å². The van der Waals surface area contributed by atoms with Crippen LogP contribution in [0.2, 0.25) is 0 Å². The Bertz CT molecular complexity index is 1020. The number of aromatic amines is 1. The van der Waals surface area contributed by atoms with Crippen LogP contribution in [0.15, 0.2) is 36.5 Å². The quantitative estimate of drug-likeness (QED) is 0.714. The predicted molar refractivity (Wildman–Crippen MR) is 111 cm³/mol. The van der Waals surface area contributed by atoms with Crippen molar-refractivity contribution < 1.29 is 9.90 Å². The Morgan fingerprint density at radius 3 is 2.72 bits per heavy atom. The Kier molecular flexibility index (Phi) is 4.67. The van der Waals surface area contributed by atoms with Gasteiger partial charge in [-0.2, -0.15) is 5.10 Å². The molecule has 2 fully saturated rings. The number of aromatic hydroxyl groups is 1. The monoisotopic (exact) mass is 391 g/mol. The van der Waals surface area contributed by atoms with Gasteiger partial charge in [0.25, 0.3) is 5.91 Å². The standard InChI is InChI=1S/C22H25N5O2/c28-17-7-5-15(6-8-17)20-12-18(19-13-23-25-21(19)24-20)22(29)27-11-3-4-16(27)14-26-9-1-2-10-26/h5-8,12-13,16,28H,1-4,9-11,14H2,(H,23,24,25)/t16-/m0/s1. The Morgan fingerprint density at radius 1 is 1.14 bits per heavy atom. The van der Waals surface area contributed by atoms with Crippen molar-refractivity contribution in [1.82, 2.24) is 25.0 Å². The van der Waals surface area contributed by atoms with Crippen molar-refractivity contribution in [3.05, 3.63) is 42.1 Å². The van der Waals surface area contributed by atoms with Crippen molar-refractivity contribution in [2.24, 2.45) is 0 Å². The van der Waals surface area contributed by atoms with E-state index in [9.17, 15) is 9.90 Å². The highest BCUT2D eigenvalue weighted by Crippen LogP contribution is 2.29. The number of pyridine rings is 1. The fourth-order valence-electron chi connectivity index (χ4n) is 4.60. The highest BCUT2D eigenvalue weighted by atomic mass is 16.3. The van der Waals surface area contributed by atoms with Gasteiger partial charge in [0.2, 0.25) is 0 Å². The fourth-order valence-corrected chi connectivity index (χ4v) is 4.60. The first kappa shape index (κ1) is 18.1. The second-order valence-corrected chi connectivity index (χ2v) is 8.04. The number of hydrogen-bond donors (Lipinski definition) is 2. The minimum Gasteiger partial charge on any atom is -0.508 e. The molecule has 4 heterocycles. The van der Waals surface area contributed by atoms with Gasteiger partial charge in [0, 0.05) is 24.7 Å². The van der Waals surface area contributed by atoms with Gasteiger partial charge in [0.05, 0.1) is 22.8 Å². The number of phenols is 1. The highest BCUT2D eigenvalue weighted by Gasteiger charge is 2.32. The normalized spacial score (nSPS) is 20.0. The number of fused-ring (bicyclic) bond motifs is 1. The van der Waals surface area contributed by atoms with Gasteiger partial charge < -0.3 is 14.9 Å². The number of carbonyl (C=O) groups excluding carboxylic acids is 1. The maximum Gasteiger partial charge on any atom is 0.255 e. The van der Waals surface area contributed by atoms with E-state index in [1.165, 1.54) is 12.8 Å². The summed E-state index contributed by atoms with van der Waals surface area (Å²) in [4.78, 5) is 22.7. The molecule has 29 heavy (non-hydrogen) atoms. The van der Waals surface area contributed by atoms with Crippen LogP contribution in [0.3, 0.4) is 0 Å². The van der Waals surface area contributed by atoms with Gasteiger partial charge in [-0.1, -0.05) is 0 Å².